The molecule has 0 aliphatic rings. The van der Waals surface area contributed by atoms with E-state index in [1.165, 1.54) is 7.11 Å². The number of amides is 1. The van der Waals surface area contributed by atoms with E-state index in [0.29, 0.717) is 27.8 Å². The minimum absolute atomic E-state index is 0.255. The second-order valence-electron chi connectivity index (χ2n) is 5.50. The van der Waals surface area contributed by atoms with Crippen LogP contribution >= 0.6 is 11.6 Å². The van der Waals surface area contributed by atoms with Gasteiger partial charge in [0.1, 0.15) is 11.5 Å². The number of hydrogen-bond acceptors (Lipinski definition) is 4. The maximum absolute atomic E-state index is 12.2. The molecule has 0 saturated carbocycles. The number of rotatable bonds is 6. The van der Waals surface area contributed by atoms with Crippen LogP contribution in [0.3, 0.4) is 0 Å². The van der Waals surface area contributed by atoms with Gasteiger partial charge in [-0.15, -0.1) is 0 Å². The number of halogens is 1. The Bertz CT molecular complexity index is 971. The van der Waals surface area contributed by atoms with Gasteiger partial charge in [0.25, 0.3) is 5.91 Å². The molecule has 0 unspecified atom stereocenters. The number of methoxy groups -OCH3 is 1. The smallest absolute Gasteiger partial charge is 0.262 e. The maximum Gasteiger partial charge on any atom is 0.262 e. The Hall–Kier alpha value is -3.05. The molecule has 3 aromatic carbocycles. The zero-order valence-electron chi connectivity index (χ0n) is 14.0. The van der Waals surface area contributed by atoms with Crippen LogP contribution < -0.4 is 14.8 Å². The molecule has 0 aliphatic heterocycles. The third-order valence-corrected chi connectivity index (χ3v) is 4.08. The SMILES string of the molecule is COc1ccc(Cl)cc1NC(=O)COc1ccc2ccccc2c1C=O. The fourth-order valence-electron chi connectivity index (χ4n) is 2.63. The predicted octanol–water partition coefficient (Wildman–Crippen LogP) is 4.33. The third kappa shape index (κ3) is 3.78. The van der Waals surface area contributed by atoms with Gasteiger partial charge in [-0.3, -0.25) is 9.59 Å². The van der Waals surface area contributed by atoms with E-state index in [4.69, 9.17) is 21.1 Å². The van der Waals surface area contributed by atoms with Gasteiger partial charge in [-0.2, -0.15) is 0 Å². The molecular formula is C20H16ClNO4. The lowest BCUT2D eigenvalue weighted by molar-refractivity contribution is -0.118. The zero-order valence-corrected chi connectivity index (χ0v) is 14.7. The van der Waals surface area contributed by atoms with Gasteiger partial charge in [-0.25, -0.2) is 0 Å². The van der Waals surface area contributed by atoms with E-state index in [1.807, 2.05) is 30.3 Å². The Kier molecular flexibility index (Phi) is 5.39. The van der Waals surface area contributed by atoms with Crippen molar-refractivity contribution in [3.8, 4) is 11.5 Å². The monoisotopic (exact) mass is 369 g/mol. The van der Waals surface area contributed by atoms with Crippen LogP contribution in [0.2, 0.25) is 5.02 Å². The summed E-state index contributed by atoms with van der Waals surface area (Å²) in [6.45, 7) is -0.255. The van der Waals surface area contributed by atoms with Crippen molar-refractivity contribution in [3.63, 3.8) is 0 Å². The van der Waals surface area contributed by atoms with Crippen LogP contribution in [0.25, 0.3) is 10.8 Å². The highest BCUT2D eigenvalue weighted by Gasteiger charge is 2.12. The largest absolute Gasteiger partial charge is 0.495 e. The molecule has 6 heteroatoms. The number of nitrogens with one attached hydrogen (secondary N) is 1. The Morgan fingerprint density at radius 3 is 2.65 bits per heavy atom. The molecule has 0 spiro atoms. The summed E-state index contributed by atoms with van der Waals surface area (Å²) in [6, 6.07) is 15.9. The van der Waals surface area contributed by atoms with Crippen LogP contribution in [-0.4, -0.2) is 25.9 Å². The van der Waals surface area contributed by atoms with Crippen LogP contribution in [0, 0.1) is 0 Å². The summed E-state index contributed by atoms with van der Waals surface area (Å²) in [5.74, 6) is 0.449. The van der Waals surface area contributed by atoms with E-state index >= 15 is 0 Å². The number of benzene rings is 3. The van der Waals surface area contributed by atoms with Crippen molar-refractivity contribution in [2.24, 2.45) is 0 Å². The van der Waals surface area contributed by atoms with Crippen LogP contribution in [0.5, 0.6) is 11.5 Å². The van der Waals surface area contributed by atoms with Gasteiger partial charge in [0.2, 0.25) is 0 Å². The Balaban J connectivity index is 1.75. The quantitative estimate of drug-likeness (QED) is 0.657. The number of anilines is 1. The number of aldehydes is 1. The molecule has 1 N–H and O–H groups in total. The zero-order chi connectivity index (χ0) is 18.5. The topological polar surface area (TPSA) is 64.6 Å². The second-order valence-corrected chi connectivity index (χ2v) is 5.93. The lowest BCUT2D eigenvalue weighted by Gasteiger charge is -2.13. The molecule has 0 aromatic heterocycles. The number of hydrogen-bond donors (Lipinski definition) is 1. The first kappa shape index (κ1) is 17.8. The van der Waals surface area contributed by atoms with Crippen molar-refractivity contribution in [3.05, 3.63) is 65.2 Å². The second kappa shape index (κ2) is 7.89. The molecule has 0 fully saturated rings. The predicted molar refractivity (Wildman–Crippen MR) is 101 cm³/mol. The first-order valence-corrected chi connectivity index (χ1v) is 8.23. The maximum atomic E-state index is 12.2. The Morgan fingerprint density at radius 2 is 1.88 bits per heavy atom. The highest BCUT2D eigenvalue weighted by atomic mass is 35.5. The minimum Gasteiger partial charge on any atom is -0.495 e. The molecule has 0 radical (unpaired) electrons. The van der Waals surface area contributed by atoms with Gasteiger partial charge in [-0.05, 0) is 35.0 Å². The highest BCUT2D eigenvalue weighted by Crippen LogP contribution is 2.28. The fourth-order valence-corrected chi connectivity index (χ4v) is 2.80. The van der Waals surface area contributed by atoms with Gasteiger partial charge in [0.15, 0.2) is 12.9 Å². The van der Waals surface area contributed by atoms with Gasteiger partial charge < -0.3 is 14.8 Å². The van der Waals surface area contributed by atoms with Crippen LogP contribution in [0.15, 0.2) is 54.6 Å². The summed E-state index contributed by atoms with van der Waals surface area (Å²) < 4.78 is 10.7. The summed E-state index contributed by atoms with van der Waals surface area (Å²) >= 11 is 5.95. The van der Waals surface area contributed by atoms with E-state index in [2.05, 4.69) is 5.32 Å². The number of fused-ring (bicyclic) bond motifs is 1. The van der Waals surface area contributed by atoms with Gasteiger partial charge in [0, 0.05) is 5.02 Å². The standard InChI is InChI=1S/C20H16ClNO4/c1-25-19-9-7-14(21)10-17(19)22-20(24)12-26-18-8-6-13-4-2-3-5-15(13)16(18)11-23/h2-11H,12H2,1H3,(H,22,24). The van der Waals surface area contributed by atoms with Crippen molar-refractivity contribution in [1.82, 2.24) is 0 Å². The van der Waals surface area contributed by atoms with Crippen LogP contribution in [0.4, 0.5) is 5.69 Å². The molecule has 3 aromatic rings. The first-order chi connectivity index (χ1) is 12.6. The average molecular weight is 370 g/mol. The van der Waals surface area contributed by atoms with E-state index in [9.17, 15) is 9.59 Å². The minimum atomic E-state index is -0.393. The summed E-state index contributed by atoms with van der Waals surface area (Å²) in [7, 11) is 1.50. The Labute approximate surface area is 155 Å². The molecule has 0 saturated heterocycles. The molecule has 0 atom stereocenters. The summed E-state index contributed by atoms with van der Waals surface area (Å²) in [4.78, 5) is 23.7. The van der Waals surface area contributed by atoms with Gasteiger partial charge in [0.05, 0.1) is 18.4 Å². The summed E-state index contributed by atoms with van der Waals surface area (Å²) in [5, 5.41) is 4.86. The van der Waals surface area contributed by atoms with Crippen molar-refractivity contribution < 1.29 is 19.1 Å². The van der Waals surface area contributed by atoms with Crippen molar-refractivity contribution in [1.29, 1.82) is 0 Å². The number of ether oxygens (including phenoxy) is 2. The number of carbonyl (C=O) groups excluding carboxylic acids is 2. The van der Waals surface area contributed by atoms with Crippen LogP contribution in [0.1, 0.15) is 10.4 Å². The van der Waals surface area contributed by atoms with Crippen molar-refractivity contribution >= 4 is 40.3 Å². The fraction of sp³-hybridized carbons (Fsp3) is 0.100. The Morgan fingerprint density at radius 1 is 1.12 bits per heavy atom. The molecule has 0 aliphatic carbocycles. The number of carbonyl (C=O) groups is 2. The lowest BCUT2D eigenvalue weighted by atomic mass is 10.0. The molecule has 0 bridgehead atoms. The first-order valence-electron chi connectivity index (χ1n) is 7.85. The van der Waals surface area contributed by atoms with E-state index in [0.717, 1.165) is 17.1 Å². The molecule has 1 amide bonds. The lowest BCUT2D eigenvalue weighted by Crippen LogP contribution is -2.21. The molecule has 0 heterocycles. The van der Waals surface area contributed by atoms with E-state index in [1.54, 1.807) is 24.3 Å². The molecule has 132 valence electrons. The van der Waals surface area contributed by atoms with E-state index in [-0.39, 0.29) is 6.61 Å². The highest BCUT2D eigenvalue weighted by molar-refractivity contribution is 6.31. The average Bonchev–Trinajstić information content (AvgIpc) is 2.66. The summed E-state index contributed by atoms with van der Waals surface area (Å²) in [5.41, 5.74) is 0.860. The third-order valence-electron chi connectivity index (χ3n) is 3.84. The van der Waals surface area contributed by atoms with Gasteiger partial charge in [-0.1, -0.05) is 41.9 Å². The van der Waals surface area contributed by atoms with Crippen molar-refractivity contribution in [2.75, 3.05) is 19.0 Å². The van der Waals surface area contributed by atoms with E-state index < -0.39 is 5.91 Å². The molecule has 26 heavy (non-hydrogen) atoms. The molecule has 3 rings (SSSR count). The molecular weight excluding hydrogens is 354 g/mol. The summed E-state index contributed by atoms with van der Waals surface area (Å²) in [6.07, 6.45) is 0.732. The van der Waals surface area contributed by atoms with Crippen molar-refractivity contribution in [2.45, 2.75) is 0 Å². The molecule has 5 nitrogen and oxygen atoms in total. The van der Waals surface area contributed by atoms with Gasteiger partial charge >= 0.3 is 0 Å². The normalized spacial score (nSPS) is 10.4. The van der Waals surface area contributed by atoms with Crippen LogP contribution in [-0.2, 0) is 4.79 Å².